The number of phenols is 3. The third-order valence-corrected chi connectivity index (χ3v) is 2.64. The second kappa shape index (κ2) is 3.29. The molecule has 1 saturated heterocycles. The lowest BCUT2D eigenvalue weighted by Crippen LogP contribution is -2.60. The van der Waals surface area contributed by atoms with Crippen molar-refractivity contribution in [3.05, 3.63) is 17.7 Å². The minimum atomic E-state index is -0.860. The highest BCUT2D eigenvalue weighted by molar-refractivity contribution is 5.53. The largest absolute Gasteiger partial charge is 0.504 e. The Morgan fingerprint density at radius 1 is 1.13 bits per heavy atom. The van der Waals surface area contributed by atoms with E-state index in [0.717, 1.165) is 0 Å². The smallest absolute Gasteiger partial charge is 0.200 e. The zero-order chi connectivity index (χ0) is 11.1. The molecule has 5 N–H and O–H groups in total. The Kier molecular flexibility index (Phi) is 2.21. The second-order valence-corrected chi connectivity index (χ2v) is 3.95. The van der Waals surface area contributed by atoms with Crippen molar-refractivity contribution in [2.75, 3.05) is 13.1 Å². The fourth-order valence-corrected chi connectivity index (χ4v) is 1.65. The predicted octanol–water partition coefficient (Wildman–Crippen LogP) is -0.320. The summed E-state index contributed by atoms with van der Waals surface area (Å²) in [5.74, 6) is -1.27. The lowest BCUT2D eigenvalue weighted by Gasteiger charge is -2.37. The fourth-order valence-electron chi connectivity index (χ4n) is 1.65. The first-order chi connectivity index (χ1) is 7.02. The molecule has 15 heavy (non-hydrogen) atoms. The summed E-state index contributed by atoms with van der Waals surface area (Å²) in [6.07, 6.45) is 0.250. The molecular weight excluding hydrogens is 198 g/mol. The third kappa shape index (κ3) is 1.71. The van der Waals surface area contributed by atoms with Crippen LogP contribution in [0.5, 0.6) is 17.2 Å². The average Bonchev–Trinajstić information content (AvgIpc) is 2.17. The fraction of sp³-hybridized carbons (Fsp3) is 0.400. The Labute approximate surface area is 86.6 Å². The van der Waals surface area contributed by atoms with Crippen LogP contribution in [-0.4, -0.2) is 39.1 Å². The summed E-state index contributed by atoms with van der Waals surface area (Å²) in [4.78, 5) is 0. The minimum absolute atomic E-state index is 0.250. The highest BCUT2D eigenvalue weighted by Crippen LogP contribution is 2.38. The molecule has 0 aromatic heterocycles. The lowest BCUT2D eigenvalue weighted by atomic mass is 9.88. The van der Waals surface area contributed by atoms with Crippen LogP contribution in [-0.2, 0) is 6.42 Å². The first-order valence-electron chi connectivity index (χ1n) is 4.68. The van der Waals surface area contributed by atoms with Crippen molar-refractivity contribution in [1.82, 2.24) is 5.32 Å². The maximum absolute atomic E-state index is 9.83. The number of β-amino-alcohol motifs (C(OH)–C–C–N with tert-alkyl or cyclic N) is 1. The molecule has 1 heterocycles. The number of hydrogen-bond donors (Lipinski definition) is 5. The first-order valence-corrected chi connectivity index (χ1v) is 4.68. The SMILES string of the molecule is Oc1ccc(CC2(O)CNC2)c(O)c1O. The second-order valence-electron chi connectivity index (χ2n) is 3.95. The number of phenolic OH excluding ortho intramolecular Hbond substituents is 3. The summed E-state index contributed by atoms with van der Waals surface area (Å²) < 4.78 is 0. The maximum atomic E-state index is 9.83. The summed E-state index contributed by atoms with van der Waals surface area (Å²) in [5.41, 5.74) is -0.435. The molecule has 0 radical (unpaired) electrons. The molecule has 1 aromatic carbocycles. The molecule has 5 heteroatoms. The van der Waals surface area contributed by atoms with Gasteiger partial charge in [-0.2, -0.15) is 0 Å². The number of hydrogen-bond acceptors (Lipinski definition) is 5. The van der Waals surface area contributed by atoms with Crippen LogP contribution in [0.2, 0.25) is 0 Å². The van der Waals surface area contributed by atoms with Crippen LogP contribution >= 0.6 is 0 Å². The van der Waals surface area contributed by atoms with Crippen molar-refractivity contribution in [2.45, 2.75) is 12.0 Å². The molecule has 0 unspecified atom stereocenters. The van der Waals surface area contributed by atoms with Crippen LogP contribution in [0, 0.1) is 0 Å². The van der Waals surface area contributed by atoms with Gasteiger partial charge in [0.2, 0.25) is 5.75 Å². The van der Waals surface area contributed by atoms with Gasteiger partial charge in [-0.05, 0) is 6.07 Å². The van der Waals surface area contributed by atoms with Crippen LogP contribution in [0.3, 0.4) is 0 Å². The minimum Gasteiger partial charge on any atom is -0.504 e. The molecule has 0 amide bonds. The summed E-state index contributed by atoms with van der Waals surface area (Å²) in [7, 11) is 0. The van der Waals surface area contributed by atoms with Crippen LogP contribution in [0.4, 0.5) is 0 Å². The van der Waals surface area contributed by atoms with E-state index in [1.165, 1.54) is 12.1 Å². The maximum Gasteiger partial charge on any atom is 0.200 e. The molecule has 1 aromatic rings. The van der Waals surface area contributed by atoms with E-state index < -0.39 is 11.4 Å². The standard InChI is InChI=1S/C10H13NO4/c12-7-2-1-6(8(13)9(7)14)3-10(15)4-11-5-10/h1-2,11-15H,3-5H2. The van der Waals surface area contributed by atoms with Crippen molar-refractivity contribution in [2.24, 2.45) is 0 Å². The Morgan fingerprint density at radius 2 is 1.80 bits per heavy atom. The summed E-state index contributed by atoms with van der Waals surface area (Å²) in [6, 6.07) is 2.78. The van der Waals surface area contributed by atoms with E-state index >= 15 is 0 Å². The van der Waals surface area contributed by atoms with Gasteiger partial charge in [-0.25, -0.2) is 0 Å². The number of nitrogens with one attached hydrogen (secondary N) is 1. The topological polar surface area (TPSA) is 93.0 Å². The number of aromatic hydroxyl groups is 3. The zero-order valence-corrected chi connectivity index (χ0v) is 8.06. The van der Waals surface area contributed by atoms with Gasteiger partial charge in [-0.15, -0.1) is 0 Å². The summed E-state index contributed by atoms with van der Waals surface area (Å²) in [5, 5.41) is 40.7. The van der Waals surface area contributed by atoms with Gasteiger partial charge in [0.05, 0.1) is 5.60 Å². The van der Waals surface area contributed by atoms with Crippen molar-refractivity contribution < 1.29 is 20.4 Å². The van der Waals surface area contributed by atoms with Crippen LogP contribution in [0.1, 0.15) is 5.56 Å². The number of benzene rings is 1. The van der Waals surface area contributed by atoms with E-state index in [1.807, 2.05) is 0 Å². The van der Waals surface area contributed by atoms with Gasteiger partial charge in [-0.1, -0.05) is 6.07 Å². The van der Waals surface area contributed by atoms with Crippen molar-refractivity contribution in [3.8, 4) is 17.2 Å². The van der Waals surface area contributed by atoms with E-state index in [9.17, 15) is 15.3 Å². The Hall–Kier alpha value is -1.46. The molecular formula is C10H13NO4. The molecule has 0 aliphatic carbocycles. The van der Waals surface area contributed by atoms with Gasteiger partial charge in [0, 0.05) is 25.1 Å². The van der Waals surface area contributed by atoms with Crippen LogP contribution < -0.4 is 5.32 Å². The Balaban J connectivity index is 2.25. The van der Waals surface area contributed by atoms with E-state index in [4.69, 9.17) is 5.11 Å². The van der Waals surface area contributed by atoms with Gasteiger partial charge < -0.3 is 25.7 Å². The van der Waals surface area contributed by atoms with Crippen molar-refractivity contribution in [1.29, 1.82) is 0 Å². The van der Waals surface area contributed by atoms with Crippen LogP contribution in [0.25, 0.3) is 0 Å². The molecule has 0 spiro atoms. The van der Waals surface area contributed by atoms with Crippen molar-refractivity contribution >= 4 is 0 Å². The molecule has 0 saturated carbocycles. The van der Waals surface area contributed by atoms with Gasteiger partial charge in [0.15, 0.2) is 11.5 Å². The molecule has 1 fully saturated rings. The molecule has 82 valence electrons. The molecule has 0 atom stereocenters. The molecule has 0 bridgehead atoms. The molecule has 1 aliphatic heterocycles. The van der Waals surface area contributed by atoms with E-state index in [1.54, 1.807) is 0 Å². The Morgan fingerprint density at radius 3 is 2.33 bits per heavy atom. The number of rotatable bonds is 2. The number of aliphatic hydroxyl groups is 1. The normalized spacial score (nSPS) is 18.5. The van der Waals surface area contributed by atoms with Gasteiger partial charge in [-0.3, -0.25) is 0 Å². The summed E-state index contributed by atoms with van der Waals surface area (Å²) in [6.45, 7) is 0.933. The van der Waals surface area contributed by atoms with Crippen LogP contribution in [0.15, 0.2) is 12.1 Å². The third-order valence-electron chi connectivity index (χ3n) is 2.64. The van der Waals surface area contributed by atoms with Crippen molar-refractivity contribution in [3.63, 3.8) is 0 Å². The molecule has 2 rings (SSSR count). The average molecular weight is 211 g/mol. The first kappa shape index (κ1) is 10.1. The quantitative estimate of drug-likeness (QED) is 0.432. The van der Waals surface area contributed by atoms with Gasteiger partial charge in [0.1, 0.15) is 0 Å². The van der Waals surface area contributed by atoms with E-state index in [-0.39, 0.29) is 17.9 Å². The summed E-state index contributed by atoms with van der Waals surface area (Å²) >= 11 is 0. The Bertz CT molecular complexity index is 387. The molecule has 5 nitrogen and oxygen atoms in total. The van der Waals surface area contributed by atoms with E-state index in [0.29, 0.717) is 18.7 Å². The highest BCUT2D eigenvalue weighted by Gasteiger charge is 2.35. The van der Waals surface area contributed by atoms with Gasteiger partial charge in [0.25, 0.3) is 0 Å². The lowest BCUT2D eigenvalue weighted by molar-refractivity contribution is -0.00949. The highest BCUT2D eigenvalue weighted by atomic mass is 16.3. The zero-order valence-electron chi connectivity index (χ0n) is 8.06. The monoisotopic (exact) mass is 211 g/mol. The predicted molar refractivity (Wildman–Crippen MR) is 53.0 cm³/mol. The molecule has 1 aliphatic rings. The van der Waals surface area contributed by atoms with E-state index in [2.05, 4.69) is 5.32 Å². The van der Waals surface area contributed by atoms with Gasteiger partial charge >= 0.3 is 0 Å².